The monoisotopic (exact) mass is 516 g/mol. The highest BCUT2D eigenvalue weighted by atomic mass is 32.2. The van der Waals surface area contributed by atoms with Gasteiger partial charge in [-0.3, -0.25) is 20.0 Å². The molecule has 5 aliphatic rings. The number of urea groups is 1. The molecule has 0 aromatic rings. The molecule has 2 saturated carbocycles. The maximum Gasteiger partial charge on any atom is 0.327 e. The van der Waals surface area contributed by atoms with Gasteiger partial charge in [-0.25, -0.2) is 38.2 Å². The molecule has 3 aliphatic heterocycles. The average molecular weight is 517 g/mol. The predicted molar refractivity (Wildman–Crippen MR) is 126 cm³/mol. The van der Waals surface area contributed by atoms with E-state index in [9.17, 15) is 22.4 Å². The fourth-order valence-electron chi connectivity index (χ4n) is 5.87. The van der Waals surface area contributed by atoms with Crippen molar-refractivity contribution < 1.29 is 22.4 Å². The number of carbonyl (C=O) groups excluding carboxylic acids is 2. The lowest BCUT2D eigenvalue weighted by atomic mass is 9.80. The van der Waals surface area contributed by atoms with E-state index in [1.165, 1.54) is 4.90 Å². The maximum absolute atomic E-state index is 13.6. The quantitative estimate of drug-likeness (QED) is 0.308. The number of fused-ring (bicyclic) bond motifs is 1. The largest absolute Gasteiger partial charge is 0.327 e. The Hall–Kier alpha value is -1.42. The Morgan fingerprint density at radius 1 is 1.17 bits per heavy atom. The van der Waals surface area contributed by atoms with E-state index in [1.807, 2.05) is 24.0 Å². The van der Waals surface area contributed by atoms with Crippen LogP contribution in [-0.2, 0) is 14.8 Å². The van der Waals surface area contributed by atoms with E-state index in [2.05, 4.69) is 21.0 Å². The van der Waals surface area contributed by atoms with E-state index in [0.717, 1.165) is 0 Å². The van der Waals surface area contributed by atoms with Gasteiger partial charge in [0.05, 0.1) is 36.1 Å². The van der Waals surface area contributed by atoms with Gasteiger partial charge in [0.2, 0.25) is 15.9 Å². The van der Waals surface area contributed by atoms with Gasteiger partial charge < -0.3 is 4.90 Å². The van der Waals surface area contributed by atoms with Crippen LogP contribution in [0.4, 0.5) is 9.18 Å². The Bertz CT molecular complexity index is 950. The van der Waals surface area contributed by atoms with Crippen molar-refractivity contribution in [3.05, 3.63) is 0 Å². The van der Waals surface area contributed by atoms with Gasteiger partial charge in [-0.1, -0.05) is 0 Å². The number of rotatable bonds is 8. The molecular weight excluding hydrogens is 479 g/mol. The lowest BCUT2D eigenvalue weighted by Gasteiger charge is -2.49. The molecule has 12 nitrogen and oxygen atoms in total. The first-order valence-electron chi connectivity index (χ1n) is 12.5. The number of likely N-dealkylation sites (N-methyl/N-ethyl adjacent to an activating group) is 1. The van der Waals surface area contributed by atoms with Crippen LogP contribution in [0.25, 0.3) is 0 Å². The highest BCUT2D eigenvalue weighted by Crippen LogP contribution is 2.41. The minimum Gasteiger partial charge on any atom is -0.318 e. The van der Waals surface area contributed by atoms with Crippen molar-refractivity contribution in [1.29, 1.82) is 0 Å². The fourth-order valence-corrected chi connectivity index (χ4v) is 7.81. The standard InChI is InChI=1S/C21H37FN8O4S/c1-27-13-23-25-18(27)11-29-17-4-3-15(35(33,34)26-21(12-22)5-6-21)7-16(17)19(31)30(20(29)32)10-14-8-24-28(2)9-14/h14-18,23-26H,3-13H2,1-2H3. The molecule has 5 fully saturated rings. The average Bonchev–Trinajstić information content (AvgIpc) is 3.27. The van der Waals surface area contributed by atoms with Crippen LogP contribution in [0.3, 0.4) is 0 Å². The van der Waals surface area contributed by atoms with E-state index >= 15 is 0 Å². The molecule has 3 saturated heterocycles. The first-order chi connectivity index (χ1) is 16.6. The summed E-state index contributed by atoms with van der Waals surface area (Å²) in [5.41, 5.74) is 8.48. The number of halogens is 1. The smallest absolute Gasteiger partial charge is 0.318 e. The molecule has 2 aliphatic carbocycles. The zero-order chi connectivity index (χ0) is 25.0. The molecule has 3 heterocycles. The molecule has 14 heteroatoms. The summed E-state index contributed by atoms with van der Waals surface area (Å²) in [6.45, 7) is 1.98. The van der Waals surface area contributed by atoms with Gasteiger partial charge in [-0.15, -0.1) is 0 Å². The molecule has 0 bridgehead atoms. The van der Waals surface area contributed by atoms with Gasteiger partial charge in [-0.05, 0) is 39.2 Å². The number of imide groups is 1. The topological polar surface area (TPSA) is 129 Å². The highest BCUT2D eigenvalue weighted by molar-refractivity contribution is 7.90. The Morgan fingerprint density at radius 2 is 1.94 bits per heavy atom. The molecule has 5 atom stereocenters. The molecule has 0 aromatic heterocycles. The van der Waals surface area contributed by atoms with Crippen molar-refractivity contribution in [3.63, 3.8) is 0 Å². The number of hydrogen-bond donors (Lipinski definition) is 4. The van der Waals surface area contributed by atoms with E-state index in [-0.39, 0.29) is 36.5 Å². The molecule has 0 radical (unpaired) electrons. The van der Waals surface area contributed by atoms with Crippen molar-refractivity contribution in [3.8, 4) is 0 Å². The minimum absolute atomic E-state index is 0.101. The molecular formula is C21H37FN8O4S. The lowest BCUT2D eigenvalue weighted by molar-refractivity contribution is -0.141. The van der Waals surface area contributed by atoms with Crippen molar-refractivity contribution in [2.24, 2.45) is 11.8 Å². The van der Waals surface area contributed by atoms with E-state index in [1.54, 1.807) is 4.90 Å². The summed E-state index contributed by atoms with van der Waals surface area (Å²) < 4.78 is 42.2. The Labute approximate surface area is 205 Å². The van der Waals surface area contributed by atoms with Crippen LogP contribution in [0.5, 0.6) is 0 Å². The van der Waals surface area contributed by atoms with Crippen LogP contribution < -0.4 is 21.0 Å². The summed E-state index contributed by atoms with van der Waals surface area (Å²) >= 11 is 0. The Morgan fingerprint density at radius 3 is 2.54 bits per heavy atom. The number of alkyl halides is 1. The molecule has 3 amide bonds. The van der Waals surface area contributed by atoms with Gasteiger partial charge in [0.15, 0.2) is 0 Å². The predicted octanol–water partition coefficient (Wildman–Crippen LogP) is -1.40. The number of nitrogens with one attached hydrogen (secondary N) is 4. The second-order valence-electron chi connectivity index (χ2n) is 10.9. The summed E-state index contributed by atoms with van der Waals surface area (Å²) in [6, 6.07) is -0.657. The normalized spacial score (nSPS) is 36.1. The summed E-state index contributed by atoms with van der Waals surface area (Å²) in [5.74, 6) is -0.789. The third-order valence-electron chi connectivity index (χ3n) is 8.25. The molecule has 4 N–H and O–H groups in total. The van der Waals surface area contributed by atoms with Gasteiger partial charge in [0.25, 0.3) is 0 Å². The third kappa shape index (κ3) is 4.93. The van der Waals surface area contributed by atoms with Crippen LogP contribution in [0.2, 0.25) is 0 Å². The first-order valence-corrected chi connectivity index (χ1v) is 14.0. The summed E-state index contributed by atoms with van der Waals surface area (Å²) in [5, 5.41) is 1.17. The highest BCUT2D eigenvalue weighted by Gasteiger charge is 2.53. The molecule has 5 rings (SSSR count). The number of nitrogens with zero attached hydrogens (tertiary/aromatic N) is 4. The number of amides is 3. The van der Waals surface area contributed by atoms with Crippen molar-refractivity contribution in [1.82, 2.24) is 40.7 Å². The molecule has 5 unspecified atom stereocenters. The molecule has 0 aromatic carbocycles. The van der Waals surface area contributed by atoms with Crippen molar-refractivity contribution >= 4 is 22.0 Å². The Kier molecular flexibility index (Phi) is 6.83. The van der Waals surface area contributed by atoms with Gasteiger partial charge in [-0.2, -0.15) is 0 Å². The summed E-state index contributed by atoms with van der Waals surface area (Å²) in [6.07, 6.45) is 1.76. The second kappa shape index (κ2) is 9.47. The summed E-state index contributed by atoms with van der Waals surface area (Å²) in [7, 11) is 0.0804. The number of carbonyl (C=O) groups is 2. The van der Waals surface area contributed by atoms with Crippen LogP contribution in [0.1, 0.15) is 32.1 Å². The SMILES string of the molecule is CN1CC(CN2C(=O)C3CC(S(=O)(=O)NC4(CF)CC4)CCC3N(CC3NNCN3C)C2=O)CN1. The van der Waals surface area contributed by atoms with Crippen molar-refractivity contribution in [2.45, 2.75) is 55.1 Å². The minimum atomic E-state index is -3.79. The van der Waals surface area contributed by atoms with Crippen LogP contribution >= 0.6 is 0 Å². The van der Waals surface area contributed by atoms with Crippen LogP contribution in [0.15, 0.2) is 0 Å². The maximum atomic E-state index is 13.6. The Balaban J connectivity index is 1.37. The van der Waals surface area contributed by atoms with E-state index in [0.29, 0.717) is 58.5 Å². The summed E-state index contributed by atoms with van der Waals surface area (Å²) in [4.78, 5) is 32.4. The fraction of sp³-hybridized carbons (Fsp3) is 0.905. The van der Waals surface area contributed by atoms with Crippen LogP contribution in [0, 0.1) is 11.8 Å². The van der Waals surface area contributed by atoms with Crippen LogP contribution in [-0.4, -0.2) is 117 Å². The van der Waals surface area contributed by atoms with Gasteiger partial charge in [0.1, 0.15) is 6.67 Å². The zero-order valence-corrected chi connectivity index (χ0v) is 21.2. The van der Waals surface area contributed by atoms with E-state index < -0.39 is 33.4 Å². The molecule has 0 spiro atoms. The molecule has 198 valence electrons. The van der Waals surface area contributed by atoms with Gasteiger partial charge >= 0.3 is 6.03 Å². The molecule has 35 heavy (non-hydrogen) atoms. The number of sulfonamides is 1. The first kappa shape index (κ1) is 25.2. The third-order valence-corrected chi connectivity index (χ3v) is 10.3. The van der Waals surface area contributed by atoms with E-state index in [4.69, 9.17) is 0 Å². The number of hydrazine groups is 2. The zero-order valence-electron chi connectivity index (χ0n) is 20.4. The van der Waals surface area contributed by atoms with Gasteiger partial charge in [0, 0.05) is 38.6 Å². The number of hydrogen-bond acceptors (Lipinski definition) is 9. The second-order valence-corrected chi connectivity index (χ2v) is 12.9. The lowest BCUT2D eigenvalue weighted by Crippen LogP contribution is -2.66. The van der Waals surface area contributed by atoms with Crippen molar-refractivity contribution in [2.75, 3.05) is 53.6 Å².